The Hall–Kier alpha value is -2.25. The number of hydrogen-bond donors (Lipinski definition) is 1. The molecule has 20 heavy (non-hydrogen) atoms. The van der Waals surface area contributed by atoms with Gasteiger partial charge in [-0.1, -0.05) is 29.8 Å². The number of ether oxygens (including phenoxy) is 1. The van der Waals surface area contributed by atoms with Crippen molar-refractivity contribution >= 4 is 17.4 Å². The van der Waals surface area contributed by atoms with E-state index in [-0.39, 0.29) is 17.2 Å². The van der Waals surface area contributed by atoms with Gasteiger partial charge >= 0.3 is 0 Å². The minimum Gasteiger partial charge on any atom is -0.445 e. The number of benzene rings is 1. The van der Waals surface area contributed by atoms with Crippen LogP contribution in [0, 0.1) is 11.3 Å². The monoisotopic (exact) mass is 288 g/mol. The van der Waals surface area contributed by atoms with Gasteiger partial charge in [-0.15, -0.1) is 0 Å². The second kappa shape index (κ2) is 5.40. The van der Waals surface area contributed by atoms with Gasteiger partial charge < -0.3 is 10.5 Å². The van der Waals surface area contributed by atoms with Crippen LogP contribution in [0.15, 0.2) is 47.1 Å². The molecule has 4 nitrogen and oxygen atoms in total. The number of halogens is 1. The first-order valence-corrected chi connectivity index (χ1v) is 6.38. The minimum absolute atomic E-state index is 0.0138. The number of Topliss-reactive ketones (excluding diaryl/α,β-unsaturated/α-hetero) is 1. The van der Waals surface area contributed by atoms with E-state index >= 15 is 0 Å². The smallest absolute Gasteiger partial charge is 0.205 e. The van der Waals surface area contributed by atoms with Crippen molar-refractivity contribution in [3.63, 3.8) is 0 Å². The summed E-state index contributed by atoms with van der Waals surface area (Å²) in [6.45, 7) is 3.09. The number of nitriles is 1. The highest BCUT2D eigenvalue weighted by Crippen LogP contribution is 2.41. The van der Waals surface area contributed by atoms with Gasteiger partial charge in [0.15, 0.2) is 5.78 Å². The summed E-state index contributed by atoms with van der Waals surface area (Å²) in [4.78, 5) is 11.9. The fraction of sp³-hybridized carbons (Fsp3) is 0.200. The Morgan fingerprint density at radius 1 is 1.45 bits per heavy atom. The molecule has 0 amide bonds. The molecule has 1 heterocycles. The first-order chi connectivity index (χ1) is 9.47. The molecule has 0 fully saturated rings. The van der Waals surface area contributed by atoms with Gasteiger partial charge in [-0.05, 0) is 25.5 Å². The molecule has 0 unspecified atom stereocenters. The first-order valence-electron chi connectivity index (χ1n) is 6.01. The Morgan fingerprint density at radius 2 is 2.10 bits per heavy atom. The first kappa shape index (κ1) is 14.2. The topological polar surface area (TPSA) is 76.1 Å². The maximum Gasteiger partial charge on any atom is 0.205 e. The van der Waals surface area contributed by atoms with Crippen LogP contribution in [-0.4, -0.2) is 5.78 Å². The maximum absolute atomic E-state index is 11.9. The van der Waals surface area contributed by atoms with Crippen LogP contribution in [0.4, 0.5) is 0 Å². The van der Waals surface area contributed by atoms with Crippen LogP contribution in [0.5, 0.6) is 0 Å². The van der Waals surface area contributed by atoms with Gasteiger partial charge in [0.2, 0.25) is 5.88 Å². The number of carbonyl (C=O) groups is 1. The lowest BCUT2D eigenvalue weighted by Gasteiger charge is -2.27. The molecule has 0 bridgehead atoms. The van der Waals surface area contributed by atoms with Crippen molar-refractivity contribution in [2.45, 2.75) is 19.8 Å². The summed E-state index contributed by atoms with van der Waals surface area (Å²) in [5.41, 5.74) is 7.04. The lowest BCUT2D eigenvalue weighted by atomic mass is 9.81. The van der Waals surface area contributed by atoms with E-state index in [9.17, 15) is 10.1 Å². The van der Waals surface area contributed by atoms with Gasteiger partial charge in [-0.25, -0.2) is 0 Å². The van der Waals surface area contributed by atoms with E-state index in [0.717, 1.165) is 0 Å². The molecule has 1 aromatic carbocycles. The summed E-state index contributed by atoms with van der Waals surface area (Å²) < 4.78 is 5.31. The minimum atomic E-state index is -0.583. The molecule has 1 aliphatic heterocycles. The maximum atomic E-state index is 11.9. The Kier molecular flexibility index (Phi) is 3.82. The summed E-state index contributed by atoms with van der Waals surface area (Å²) in [6.07, 6.45) is 0. The molecule has 1 aliphatic rings. The van der Waals surface area contributed by atoms with Crippen molar-refractivity contribution in [2.75, 3.05) is 0 Å². The van der Waals surface area contributed by atoms with Gasteiger partial charge in [-0.2, -0.15) is 5.26 Å². The van der Waals surface area contributed by atoms with Crippen molar-refractivity contribution < 1.29 is 9.53 Å². The number of rotatable bonds is 2. The van der Waals surface area contributed by atoms with Gasteiger partial charge in [-0.3, -0.25) is 4.79 Å². The molecule has 0 aromatic heterocycles. The van der Waals surface area contributed by atoms with E-state index < -0.39 is 5.92 Å². The quantitative estimate of drug-likeness (QED) is 0.907. The highest BCUT2D eigenvalue weighted by molar-refractivity contribution is 6.31. The number of nitrogens with zero attached hydrogens (tertiary/aromatic N) is 1. The average Bonchev–Trinajstić information content (AvgIpc) is 2.38. The molecule has 0 spiro atoms. The molecule has 1 atom stereocenters. The van der Waals surface area contributed by atoms with Crippen LogP contribution in [-0.2, 0) is 9.53 Å². The number of ketones is 1. The van der Waals surface area contributed by atoms with Crippen molar-refractivity contribution in [1.29, 1.82) is 5.26 Å². The largest absolute Gasteiger partial charge is 0.445 e. The number of carbonyl (C=O) groups excluding carboxylic acids is 1. The second-order valence-corrected chi connectivity index (χ2v) is 4.88. The Labute approximate surface area is 122 Å². The zero-order chi connectivity index (χ0) is 14.9. The van der Waals surface area contributed by atoms with Crippen molar-refractivity contribution in [3.8, 4) is 6.07 Å². The van der Waals surface area contributed by atoms with Gasteiger partial charge in [0.1, 0.15) is 17.4 Å². The third kappa shape index (κ3) is 2.28. The van der Waals surface area contributed by atoms with E-state index in [1.165, 1.54) is 6.92 Å². The van der Waals surface area contributed by atoms with Crippen LogP contribution in [0.1, 0.15) is 25.3 Å². The second-order valence-electron chi connectivity index (χ2n) is 4.47. The normalized spacial score (nSPS) is 18.6. The molecule has 5 heteroatoms. The van der Waals surface area contributed by atoms with Crippen LogP contribution in [0.3, 0.4) is 0 Å². The van der Waals surface area contributed by atoms with E-state index in [4.69, 9.17) is 22.1 Å². The third-order valence-corrected chi connectivity index (χ3v) is 3.55. The number of nitrogens with two attached hydrogens (primary N) is 1. The molecule has 0 radical (unpaired) electrons. The summed E-state index contributed by atoms with van der Waals surface area (Å²) in [7, 11) is 0. The van der Waals surface area contributed by atoms with Gasteiger partial charge in [0.25, 0.3) is 0 Å². The fourth-order valence-corrected chi connectivity index (χ4v) is 2.60. The average molecular weight is 289 g/mol. The summed E-state index contributed by atoms with van der Waals surface area (Å²) >= 11 is 6.20. The zero-order valence-corrected chi connectivity index (χ0v) is 11.9. The number of allylic oxidation sites excluding steroid dienone is 3. The Morgan fingerprint density at radius 3 is 2.65 bits per heavy atom. The van der Waals surface area contributed by atoms with Crippen molar-refractivity contribution in [2.24, 2.45) is 5.73 Å². The van der Waals surface area contributed by atoms with Gasteiger partial charge in [0.05, 0.1) is 5.92 Å². The summed E-state index contributed by atoms with van der Waals surface area (Å²) in [5, 5.41) is 9.80. The predicted octanol–water partition coefficient (Wildman–Crippen LogP) is 3.01. The number of hydrogen-bond acceptors (Lipinski definition) is 4. The lowest BCUT2D eigenvalue weighted by molar-refractivity contribution is -0.114. The van der Waals surface area contributed by atoms with Crippen LogP contribution >= 0.6 is 11.6 Å². The SMILES string of the molecule is CC(=O)C1=C(C)OC(N)=C(C#N)[C@H]1c1ccccc1Cl. The predicted molar refractivity (Wildman–Crippen MR) is 75.5 cm³/mol. The summed E-state index contributed by atoms with van der Waals surface area (Å²) in [6, 6.07) is 9.10. The molecule has 0 saturated carbocycles. The Balaban J connectivity index is 2.71. The fourth-order valence-electron chi connectivity index (χ4n) is 2.36. The van der Waals surface area contributed by atoms with Crippen molar-refractivity contribution in [3.05, 3.63) is 57.6 Å². The van der Waals surface area contributed by atoms with Crippen LogP contribution < -0.4 is 5.73 Å². The molecular weight excluding hydrogens is 276 g/mol. The highest BCUT2D eigenvalue weighted by Gasteiger charge is 2.34. The molecular formula is C15H13ClN2O2. The van der Waals surface area contributed by atoms with E-state index in [0.29, 0.717) is 21.9 Å². The Bertz CT molecular complexity index is 683. The molecule has 102 valence electrons. The molecule has 0 saturated heterocycles. The van der Waals surface area contributed by atoms with E-state index in [2.05, 4.69) is 0 Å². The third-order valence-electron chi connectivity index (χ3n) is 3.20. The molecule has 2 rings (SSSR count). The lowest BCUT2D eigenvalue weighted by Crippen LogP contribution is -2.23. The van der Waals surface area contributed by atoms with Crippen LogP contribution in [0.2, 0.25) is 5.02 Å². The highest BCUT2D eigenvalue weighted by atomic mass is 35.5. The van der Waals surface area contributed by atoms with Gasteiger partial charge in [0, 0.05) is 10.6 Å². The summed E-state index contributed by atoms with van der Waals surface area (Å²) in [5.74, 6) is -0.341. The van der Waals surface area contributed by atoms with Crippen molar-refractivity contribution in [1.82, 2.24) is 0 Å². The van der Waals surface area contributed by atoms with E-state index in [1.54, 1.807) is 31.2 Å². The standard InChI is InChI=1S/C15H13ClN2O2/c1-8(19)13-9(2)20-15(18)11(7-17)14(13)10-5-3-4-6-12(10)16/h3-6,14H,18H2,1-2H3/t14-/m1/s1. The zero-order valence-electron chi connectivity index (χ0n) is 11.1. The van der Waals surface area contributed by atoms with Crippen LogP contribution in [0.25, 0.3) is 0 Å². The van der Waals surface area contributed by atoms with E-state index in [1.807, 2.05) is 6.07 Å². The molecule has 2 N–H and O–H groups in total. The molecule has 0 aliphatic carbocycles. The molecule has 1 aromatic rings.